The average Bonchev–Trinajstić information content (AvgIpc) is 2.53. The first kappa shape index (κ1) is 17.4. The number of Topliss-reactive ketones (excluding diaryl/α,β-unsaturated/α-hetero) is 1. The molecule has 2 aromatic carbocycles. The molecule has 122 valence electrons. The zero-order chi connectivity index (χ0) is 16.8. The number of hydrogen-bond acceptors (Lipinski definition) is 2. The molecule has 0 heterocycles. The van der Waals surface area contributed by atoms with Crippen LogP contribution in [-0.2, 0) is 0 Å². The predicted octanol–water partition coefficient (Wildman–Crippen LogP) is 5.71. The van der Waals surface area contributed by atoms with E-state index >= 15 is 0 Å². The van der Waals surface area contributed by atoms with E-state index in [9.17, 15) is 13.6 Å². The van der Waals surface area contributed by atoms with Gasteiger partial charge in [0.25, 0.3) is 0 Å². The first-order chi connectivity index (χ1) is 11.0. The van der Waals surface area contributed by atoms with Crippen LogP contribution < -0.4 is 4.74 Å². The second-order valence-corrected chi connectivity index (χ2v) is 5.60. The predicted molar refractivity (Wildman–Crippen MR) is 86.5 cm³/mol. The lowest BCUT2D eigenvalue weighted by Crippen LogP contribution is -2.13. The molecular weight excluding hydrogens is 322 g/mol. The molecule has 2 aromatic rings. The van der Waals surface area contributed by atoms with Crippen molar-refractivity contribution in [1.29, 1.82) is 0 Å². The van der Waals surface area contributed by atoms with Crippen molar-refractivity contribution in [3.8, 4) is 5.75 Å². The van der Waals surface area contributed by atoms with Gasteiger partial charge in [0, 0.05) is 16.5 Å². The van der Waals surface area contributed by atoms with E-state index in [2.05, 4.69) is 4.74 Å². The van der Waals surface area contributed by atoms with Crippen LogP contribution in [0.3, 0.4) is 0 Å². The van der Waals surface area contributed by atoms with Gasteiger partial charge in [-0.3, -0.25) is 4.79 Å². The molecule has 0 radical (unpaired) electrons. The lowest BCUT2D eigenvalue weighted by Gasteiger charge is -2.16. The summed E-state index contributed by atoms with van der Waals surface area (Å²) >= 11 is 5.85. The van der Waals surface area contributed by atoms with E-state index < -0.39 is 6.61 Å². The number of rotatable bonds is 7. The Morgan fingerprint density at radius 1 is 1.09 bits per heavy atom. The highest BCUT2D eigenvalue weighted by atomic mass is 35.5. The molecule has 0 aromatic heterocycles. The number of ether oxygens (including phenoxy) is 1. The van der Waals surface area contributed by atoms with Gasteiger partial charge in [-0.25, -0.2) is 0 Å². The Morgan fingerprint density at radius 3 is 2.22 bits per heavy atom. The third-order valence-electron chi connectivity index (χ3n) is 3.53. The minimum Gasteiger partial charge on any atom is -0.435 e. The van der Waals surface area contributed by atoms with E-state index in [4.69, 9.17) is 11.6 Å². The quantitative estimate of drug-likeness (QED) is 0.604. The molecule has 0 spiro atoms. The molecule has 0 saturated carbocycles. The Kier molecular flexibility index (Phi) is 6.11. The van der Waals surface area contributed by atoms with Crippen molar-refractivity contribution < 1.29 is 18.3 Å². The number of halogens is 3. The fraction of sp³-hybridized carbons (Fsp3) is 0.278. The highest BCUT2D eigenvalue weighted by Gasteiger charge is 2.21. The van der Waals surface area contributed by atoms with Crippen LogP contribution in [0.5, 0.6) is 5.75 Å². The zero-order valence-electron chi connectivity index (χ0n) is 12.6. The van der Waals surface area contributed by atoms with Gasteiger partial charge in [0.2, 0.25) is 0 Å². The number of ketones is 1. The molecule has 0 bridgehead atoms. The molecule has 0 aliphatic rings. The molecule has 1 atom stereocenters. The minimum atomic E-state index is -2.86. The molecule has 23 heavy (non-hydrogen) atoms. The molecule has 2 nitrogen and oxygen atoms in total. The van der Waals surface area contributed by atoms with Gasteiger partial charge in [-0.1, -0.05) is 37.1 Å². The third kappa shape index (κ3) is 4.76. The maximum atomic E-state index is 12.7. The summed E-state index contributed by atoms with van der Waals surface area (Å²) < 4.78 is 28.7. The number of benzene rings is 2. The van der Waals surface area contributed by atoms with Gasteiger partial charge in [0.15, 0.2) is 5.78 Å². The Morgan fingerprint density at radius 2 is 1.70 bits per heavy atom. The summed E-state index contributed by atoms with van der Waals surface area (Å²) in [6, 6.07) is 13.0. The molecular formula is C18H17ClF2O2. The van der Waals surface area contributed by atoms with Crippen LogP contribution in [0.2, 0.25) is 5.02 Å². The van der Waals surface area contributed by atoms with Crippen LogP contribution in [0.4, 0.5) is 8.78 Å². The molecule has 5 heteroatoms. The topological polar surface area (TPSA) is 26.3 Å². The molecule has 0 aliphatic heterocycles. The Hall–Kier alpha value is -1.94. The third-order valence-corrected chi connectivity index (χ3v) is 3.78. The van der Waals surface area contributed by atoms with Gasteiger partial charge in [0.1, 0.15) is 5.75 Å². The monoisotopic (exact) mass is 338 g/mol. The maximum Gasteiger partial charge on any atom is 0.387 e. The molecule has 0 aliphatic carbocycles. The first-order valence-corrected chi connectivity index (χ1v) is 7.73. The van der Waals surface area contributed by atoms with Crippen molar-refractivity contribution in [2.75, 3.05) is 0 Å². The summed E-state index contributed by atoms with van der Waals surface area (Å²) in [5, 5.41) is 0.571. The van der Waals surface area contributed by atoms with Crippen molar-refractivity contribution in [3.05, 3.63) is 64.7 Å². The van der Waals surface area contributed by atoms with Gasteiger partial charge in [-0.05, 0) is 48.4 Å². The fourth-order valence-electron chi connectivity index (χ4n) is 2.43. The molecule has 0 saturated heterocycles. The summed E-state index contributed by atoms with van der Waals surface area (Å²) in [4.78, 5) is 12.7. The van der Waals surface area contributed by atoms with E-state index in [1.54, 1.807) is 36.4 Å². The van der Waals surface area contributed by atoms with Crippen LogP contribution in [0.15, 0.2) is 48.5 Å². The smallest absolute Gasteiger partial charge is 0.387 e. The molecule has 1 unspecified atom stereocenters. The van der Waals surface area contributed by atoms with Crippen molar-refractivity contribution >= 4 is 17.4 Å². The van der Waals surface area contributed by atoms with Crippen molar-refractivity contribution in [2.24, 2.45) is 0 Å². The normalized spacial score (nSPS) is 12.2. The first-order valence-electron chi connectivity index (χ1n) is 7.35. The summed E-state index contributed by atoms with van der Waals surface area (Å²) in [5.41, 5.74) is 1.37. The number of alkyl halides is 2. The van der Waals surface area contributed by atoms with Gasteiger partial charge in [0.05, 0.1) is 0 Å². The summed E-state index contributed by atoms with van der Waals surface area (Å²) in [5.74, 6) is -0.245. The zero-order valence-corrected chi connectivity index (χ0v) is 13.4. The summed E-state index contributed by atoms with van der Waals surface area (Å²) in [7, 11) is 0. The van der Waals surface area contributed by atoms with E-state index in [-0.39, 0.29) is 17.5 Å². The van der Waals surface area contributed by atoms with Gasteiger partial charge in [-0.2, -0.15) is 8.78 Å². The maximum absolute atomic E-state index is 12.7. The van der Waals surface area contributed by atoms with Crippen LogP contribution in [-0.4, -0.2) is 12.4 Å². The van der Waals surface area contributed by atoms with Crippen LogP contribution in [0.25, 0.3) is 0 Å². The SMILES string of the molecule is CCCC(C(=O)c1ccc(Cl)cc1)c1ccc(OC(F)F)cc1. The Bertz CT molecular complexity index is 639. The fourth-order valence-corrected chi connectivity index (χ4v) is 2.56. The Labute approximate surface area is 139 Å². The molecule has 2 rings (SSSR count). The standard InChI is InChI=1S/C18H17ClF2O2/c1-2-3-16(17(22)13-4-8-14(19)9-5-13)12-6-10-15(11-7-12)23-18(20)21/h4-11,16,18H,2-3H2,1H3. The Balaban J connectivity index is 2.23. The lowest BCUT2D eigenvalue weighted by molar-refractivity contribution is -0.0498. The summed E-state index contributed by atoms with van der Waals surface area (Å²) in [6.45, 7) is -0.862. The minimum absolute atomic E-state index is 0.00829. The van der Waals surface area contributed by atoms with Crippen LogP contribution in [0.1, 0.15) is 41.6 Å². The van der Waals surface area contributed by atoms with E-state index in [1.165, 1.54) is 12.1 Å². The van der Waals surface area contributed by atoms with Gasteiger partial charge >= 0.3 is 6.61 Å². The van der Waals surface area contributed by atoms with Gasteiger partial charge in [-0.15, -0.1) is 0 Å². The van der Waals surface area contributed by atoms with E-state index in [0.29, 0.717) is 17.0 Å². The van der Waals surface area contributed by atoms with Crippen molar-refractivity contribution in [3.63, 3.8) is 0 Å². The lowest BCUT2D eigenvalue weighted by atomic mass is 9.87. The second-order valence-electron chi connectivity index (χ2n) is 5.16. The second kappa shape index (κ2) is 8.06. The highest BCUT2D eigenvalue weighted by molar-refractivity contribution is 6.30. The van der Waals surface area contributed by atoms with Crippen molar-refractivity contribution in [2.45, 2.75) is 32.3 Å². The van der Waals surface area contributed by atoms with Gasteiger partial charge < -0.3 is 4.74 Å². The molecule has 0 fully saturated rings. The van der Waals surface area contributed by atoms with Crippen LogP contribution in [0, 0.1) is 0 Å². The van der Waals surface area contributed by atoms with Crippen LogP contribution >= 0.6 is 11.6 Å². The number of hydrogen-bond donors (Lipinski definition) is 0. The summed E-state index contributed by atoms with van der Waals surface area (Å²) in [6.07, 6.45) is 1.51. The van der Waals surface area contributed by atoms with Crippen molar-refractivity contribution in [1.82, 2.24) is 0 Å². The largest absolute Gasteiger partial charge is 0.435 e. The van der Waals surface area contributed by atoms with E-state index in [1.807, 2.05) is 6.92 Å². The highest BCUT2D eigenvalue weighted by Crippen LogP contribution is 2.28. The molecule has 0 N–H and O–H groups in total. The van der Waals surface area contributed by atoms with E-state index in [0.717, 1.165) is 12.0 Å². The number of carbonyl (C=O) groups excluding carboxylic acids is 1. The average molecular weight is 339 g/mol. The number of carbonyl (C=O) groups is 1. The molecule has 0 amide bonds.